The molecule has 0 aliphatic rings. The van der Waals surface area contributed by atoms with Crippen molar-refractivity contribution in [3.05, 3.63) is 99.5 Å². The van der Waals surface area contributed by atoms with Crippen LogP contribution in [0.2, 0.25) is 5.15 Å². The van der Waals surface area contributed by atoms with Gasteiger partial charge in [0.05, 0.1) is 25.3 Å². The molecule has 1 amide bonds. The summed E-state index contributed by atoms with van der Waals surface area (Å²) in [5.41, 5.74) is 4.37. The molecule has 0 radical (unpaired) electrons. The fourth-order valence-corrected chi connectivity index (χ4v) is 4.27. The average Bonchev–Trinajstić information content (AvgIpc) is 2.86. The molecule has 1 heterocycles. The second-order valence-corrected chi connectivity index (χ2v) is 8.72. The summed E-state index contributed by atoms with van der Waals surface area (Å²) >= 11 is 6.58. The molecule has 3 aromatic carbocycles. The molecule has 0 saturated heterocycles. The number of ether oxygens (including phenoxy) is 2. The van der Waals surface area contributed by atoms with E-state index in [1.807, 2.05) is 38.1 Å². The van der Waals surface area contributed by atoms with Gasteiger partial charge >= 0.3 is 0 Å². The molecule has 35 heavy (non-hydrogen) atoms. The van der Waals surface area contributed by atoms with Crippen molar-refractivity contribution in [2.24, 2.45) is 0 Å². The molecule has 4 rings (SSSR count). The van der Waals surface area contributed by atoms with Crippen molar-refractivity contribution in [2.45, 2.75) is 26.9 Å². The molecule has 0 saturated carbocycles. The van der Waals surface area contributed by atoms with Gasteiger partial charge < -0.3 is 14.4 Å². The Morgan fingerprint density at radius 3 is 2.37 bits per heavy atom. The van der Waals surface area contributed by atoms with Crippen LogP contribution >= 0.6 is 11.6 Å². The Kier molecular flexibility index (Phi) is 7.22. The largest absolute Gasteiger partial charge is 0.493 e. The molecule has 7 heteroatoms. The zero-order chi connectivity index (χ0) is 25.1. The Balaban J connectivity index is 1.76. The lowest BCUT2D eigenvalue weighted by atomic mass is 10.0. The molecule has 0 N–H and O–H groups in total. The summed E-state index contributed by atoms with van der Waals surface area (Å²) in [6.07, 6.45) is 0. The normalized spacial score (nSPS) is 10.9. The van der Waals surface area contributed by atoms with Crippen molar-refractivity contribution < 1.29 is 18.7 Å². The van der Waals surface area contributed by atoms with E-state index in [-0.39, 0.29) is 18.7 Å². The van der Waals surface area contributed by atoms with Gasteiger partial charge in [-0.2, -0.15) is 0 Å². The van der Waals surface area contributed by atoms with Gasteiger partial charge in [-0.1, -0.05) is 41.9 Å². The van der Waals surface area contributed by atoms with E-state index in [2.05, 4.69) is 4.98 Å². The van der Waals surface area contributed by atoms with Gasteiger partial charge in [0.25, 0.3) is 5.91 Å². The van der Waals surface area contributed by atoms with Crippen molar-refractivity contribution >= 4 is 28.4 Å². The van der Waals surface area contributed by atoms with Gasteiger partial charge in [-0.25, -0.2) is 9.37 Å². The van der Waals surface area contributed by atoms with E-state index >= 15 is 0 Å². The predicted molar refractivity (Wildman–Crippen MR) is 136 cm³/mol. The third kappa shape index (κ3) is 5.08. The number of carbonyl (C=O) groups is 1. The number of carbonyl (C=O) groups excluding carboxylic acids is 1. The lowest BCUT2D eigenvalue weighted by molar-refractivity contribution is 0.0725. The van der Waals surface area contributed by atoms with Crippen molar-refractivity contribution in [1.82, 2.24) is 9.88 Å². The van der Waals surface area contributed by atoms with Crippen LogP contribution in [0, 0.1) is 19.7 Å². The van der Waals surface area contributed by atoms with E-state index in [4.69, 9.17) is 21.1 Å². The van der Waals surface area contributed by atoms with Crippen LogP contribution in [-0.2, 0) is 13.1 Å². The predicted octanol–water partition coefficient (Wildman–Crippen LogP) is 6.50. The summed E-state index contributed by atoms with van der Waals surface area (Å²) in [5, 5.41) is 1.28. The maximum Gasteiger partial charge on any atom is 0.257 e. The first-order chi connectivity index (χ1) is 16.8. The number of hydrogen-bond donors (Lipinski definition) is 0. The first-order valence-electron chi connectivity index (χ1n) is 11.1. The van der Waals surface area contributed by atoms with E-state index < -0.39 is 11.7 Å². The molecule has 0 aliphatic heterocycles. The first-order valence-corrected chi connectivity index (χ1v) is 11.5. The molecule has 0 bridgehead atoms. The molecule has 5 nitrogen and oxygen atoms in total. The lowest BCUT2D eigenvalue weighted by Gasteiger charge is -2.24. The number of halogens is 2. The number of pyridine rings is 1. The SMILES string of the molecule is COc1ccc(CN(Cc2cc3c(C)ccc(C)c3nc2Cl)C(=O)c2ccccc2F)cc1OC. The van der Waals surface area contributed by atoms with Crippen LogP contribution in [0.5, 0.6) is 11.5 Å². The molecule has 0 spiro atoms. The van der Waals surface area contributed by atoms with Crippen molar-refractivity contribution in [2.75, 3.05) is 14.2 Å². The Bertz CT molecular complexity index is 1410. The number of nitrogens with zero attached hydrogens (tertiary/aromatic N) is 2. The molecule has 0 aliphatic carbocycles. The van der Waals surface area contributed by atoms with Crippen LogP contribution in [0.1, 0.15) is 32.6 Å². The van der Waals surface area contributed by atoms with Crippen molar-refractivity contribution in [3.8, 4) is 11.5 Å². The van der Waals surface area contributed by atoms with Gasteiger partial charge in [0, 0.05) is 24.0 Å². The lowest BCUT2D eigenvalue weighted by Crippen LogP contribution is -2.31. The van der Waals surface area contributed by atoms with Gasteiger partial charge in [-0.05, 0) is 60.9 Å². The monoisotopic (exact) mass is 492 g/mol. The van der Waals surface area contributed by atoms with Gasteiger partial charge in [0.2, 0.25) is 0 Å². The van der Waals surface area contributed by atoms with Crippen LogP contribution in [0.15, 0.2) is 60.7 Å². The number of fused-ring (bicyclic) bond motifs is 1. The minimum atomic E-state index is -0.580. The van der Waals surface area contributed by atoms with E-state index in [1.165, 1.54) is 12.1 Å². The standard InChI is InChI=1S/C28H26ClFN2O3/c1-17-9-10-18(2)26-22(17)14-20(27(29)31-26)16-32(28(33)21-7-5-6-8-23(21)30)15-19-11-12-24(34-3)25(13-19)35-4/h5-14H,15-16H2,1-4H3. The Labute approximate surface area is 209 Å². The minimum absolute atomic E-state index is 0.00938. The second-order valence-electron chi connectivity index (χ2n) is 8.36. The molecule has 1 aromatic heterocycles. The van der Waals surface area contributed by atoms with Crippen LogP contribution < -0.4 is 9.47 Å². The quantitative estimate of drug-likeness (QED) is 0.276. The fourth-order valence-electron chi connectivity index (χ4n) is 4.07. The summed E-state index contributed by atoms with van der Waals surface area (Å²) in [6.45, 7) is 4.34. The highest BCUT2D eigenvalue weighted by molar-refractivity contribution is 6.30. The van der Waals surface area contributed by atoms with E-state index in [0.29, 0.717) is 22.2 Å². The maximum atomic E-state index is 14.6. The topological polar surface area (TPSA) is 51.7 Å². The minimum Gasteiger partial charge on any atom is -0.493 e. The highest BCUT2D eigenvalue weighted by atomic mass is 35.5. The van der Waals surface area contributed by atoms with Crippen LogP contribution in [0.25, 0.3) is 10.9 Å². The highest BCUT2D eigenvalue weighted by Gasteiger charge is 2.22. The van der Waals surface area contributed by atoms with Crippen molar-refractivity contribution in [1.29, 1.82) is 0 Å². The second kappa shape index (κ2) is 10.3. The average molecular weight is 493 g/mol. The summed E-state index contributed by atoms with van der Waals surface area (Å²) < 4.78 is 25.3. The third-order valence-electron chi connectivity index (χ3n) is 6.00. The number of aromatic nitrogens is 1. The van der Waals surface area contributed by atoms with E-state index in [0.717, 1.165) is 27.6 Å². The van der Waals surface area contributed by atoms with Crippen LogP contribution in [0.3, 0.4) is 0 Å². The molecule has 180 valence electrons. The van der Waals surface area contributed by atoms with E-state index in [1.54, 1.807) is 43.4 Å². The number of benzene rings is 3. The number of methoxy groups -OCH3 is 2. The maximum absolute atomic E-state index is 14.6. The van der Waals surface area contributed by atoms with Gasteiger partial charge in [0.15, 0.2) is 11.5 Å². The molecular weight excluding hydrogens is 467 g/mol. The summed E-state index contributed by atoms with van der Waals surface area (Å²) in [4.78, 5) is 19.7. The Morgan fingerprint density at radius 2 is 1.66 bits per heavy atom. The Morgan fingerprint density at radius 1 is 0.943 bits per heavy atom. The number of aryl methyl sites for hydroxylation is 2. The molecule has 0 unspecified atom stereocenters. The van der Waals surface area contributed by atoms with Gasteiger partial charge in [-0.15, -0.1) is 0 Å². The fraction of sp³-hybridized carbons (Fsp3) is 0.214. The number of rotatable bonds is 7. The van der Waals surface area contributed by atoms with Crippen molar-refractivity contribution in [3.63, 3.8) is 0 Å². The van der Waals surface area contributed by atoms with Crippen LogP contribution in [0.4, 0.5) is 4.39 Å². The summed E-state index contributed by atoms with van der Waals surface area (Å²) in [7, 11) is 3.11. The number of hydrogen-bond acceptors (Lipinski definition) is 4. The third-order valence-corrected chi connectivity index (χ3v) is 6.33. The zero-order valence-corrected chi connectivity index (χ0v) is 20.8. The van der Waals surface area contributed by atoms with E-state index in [9.17, 15) is 9.18 Å². The zero-order valence-electron chi connectivity index (χ0n) is 20.1. The summed E-state index contributed by atoms with van der Waals surface area (Å²) in [6, 6.07) is 17.4. The molecule has 0 atom stereocenters. The molecule has 4 aromatic rings. The first kappa shape index (κ1) is 24.5. The highest BCUT2D eigenvalue weighted by Crippen LogP contribution is 2.30. The van der Waals surface area contributed by atoms with Crippen LogP contribution in [-0.4, -0.2) is 30.0 Å². The molecule has 0 fully saturated rings. The number of amides is 1. The van der Waals surface area contributed by atoms with Gasteiger partial charge in [0.1, 0.15) is 11.0 Å². The Hall–Kier alpha value is -3.64. The smallest absolute Gasteiger partial charge is 0.257 e. The molecular formula is C28H26ClFN2O3. The van der Waals surface area contributed by atoms with Gasteiger partial charge in [-0.3, -0.25) is 4.79 Å². The summed E-state index contributed by atoms with van der Waals surface area (Å²) in [5.74, 6) is 0.0923.